The van der Waals surface area contributed by atoms with Gasteiger partial charge in [0.25, 0.3) is 0 Å². The molecule has 0 aliphatic rings. The highest BCUT2D eigenvalue weighted by Gasteiger charge is 2.10. The number of aliphatic hydroxyl groups is 1. The summed E-state index contributed by atoms with van der Waals surface area (Å²) in [6.07, 6.45) is 22.9. The van der Waals surface area contributed by atoms with Gasteiger partial charge in [0.2, 0.25) is 0 Å². The van der Waals surface area contributed by atoms with Crippen LogP contribution < -0.4 is 11.5 Å². The number of hydrogen-bond acceptors (Lipinski definition) is 6. The van der Waals surface area contributed by atoms with Gasteiger partial charge in [-0.15, -0.1) is 0 Å². The fourth-order valence-corrected chi connectivity index (χ4v) is 6.13. The summed E-state index contributed by atoms with van der Waals surface area (Å²) in [5.41, 5.74) is 23.4. The number of nitrogens with zero attached hydrogens (tertiary/aromatic N) is 2. The van der Waals surface area contributed by atoms with E-state index in [0.717, 1.165) is 54.2 Å². The van der Waals surface area contributed by atoms with Gasteiger partial charge >= 0.3 is 0 Å². The molecule has 2 atom stereocenters. The van der Waals surface area contributed by atoms with E-state index in [1.165, 1.54) is 104 Å². The molecule has 1 aromatic heterocycles. The lowest BCUT2D eigenvalue weighted by Crippen LogP contribution is -2.01. The maximum Gasteiger partial charge on any atom is 0.100 e. The number of aliphatic hydroxyl groups excluding tert-OH is 1. The lowest BCUT2D eigenvalue weighted by Gasteiger charge is -2.14. The predicted molar refractivity (Wildman–Crippen MR) is 244 cm³/mol. The molecule has 6 nitrogen and oxygen atoms in total. The normalized spacial score (nSPS) is 13.0. The fourth-order valence-electron chi connectivity index (χ4n) is 6.13. The van der Waals surface area contributed by atoms with E-state index < -0.39 is 6.10 Å². The van der Waals surface area contributed by atoms with Crippen LogP contribution in [-0.4, -0.2) is 42.6 Å². The summed E-state index contributed by atoms with van der Waals surface area (Å²) in [6.45, 7) is 22.3. The van der Waals surface area contributed by atoms with Gasteiger partial charge < -0.3 is 21.3 Å². The second-order valence-electron chi connectivity index (χ2n) is 15.5. The maximum atomic E-state index is 10.0. The summed E-state index contributed by atoms with van der Waals surface area (Å²) in [5.74, 6) is 0.806. The standard InChI is InChI=1S/C25H43N3O.C13H20.C12H17NO/c1-22-13-14-24(19-23(22)2)25(20-27)21-28-16-18-29-17-12-10-8-6-4-3-5-7-9-11-15-26;1-5-10(2)8-13-9-11(3)6-7-12(13)4;1-4-9(2)10(3)12(14)11-5-7-13-8-6-11/h13-14,19-21H,3-12,15-18,26-27H2,1-2H3;6-7,9-10H,5,8H2,1-4H3;5-8,12,14H,4H2,1-3H3/b25-20+,28-21?;;10-9-. The molecule has 0 radical (unpaired) electrons. The number of rotatable bonds is 23. The molecule has 5 N–H and O–H groups in total. The number of aryl methyl sites for hydroxylation is 4. The van der Waals surface area contributed by atoms with Crippen LogP contribution in [0.15, 0.2) is 83.3 Å². The first-order valence-electron chi connectivity index (χ1n) is 21.6. The van der Waals surface area contributed by atoms with Crippen molar-refractivity contribution in [3.63, 3.8) is 0 Å². The molecule has 56 heavy (non-hydrogen) atoms. The Bertz CT molecular complexity index is 1550. The Labute approximate surface area is 343 Å². The molecule has 0 aliphatic heterocycles. The quantitative estimate of drug-likeness (QED) is 0.0506. The van der Waals surface area contributed by atoms with Crippen molar-refractivity contribution in [3.05, 3.63) is 117 Å². The van der Waals surface area contributed by atoms with Crippen molar-refractivity contribution in [3.8, 4) is 0 Å². The minimum absolute atomic E-state index is 0.488. The van der Waals surface area contributed by atoms with E-state index in [1.54, 1.807) is 18.6 Å². The van der Waals surface area contributed by atoms with Crippen LogP contribution in [0.25, 0.3) is 5.57 Å². The van der Waals surface area contributed by atoms with Crippen LogP contribution in [0.1, 0.15) is 157 Å². The van der Waals surface area contributed by atoms with Crippen LogP contribution in [0, 0.1) is 33.6 Å². The Kier molecular flexibility index (Phi) is 28.4. The van der Waals surface area contributed by atoms with Gasteiger partial charge in [-0.2, -0.15) is 0 Å². The first-order chi connectivity index (χ1) is 27.0. The summed E-state index contributed by atoms with van der Waals surface area (Å²) < 4.78 is 5.70. The number of unbranched alkanes of at least 4 members (excludes halogenated alkanes) is 9. The number of allylic oxidation sites excluding steroid dienone is 2. The van der Waals surface area contributed by atoms with Crippen LogP contribution >= 0.6 is 0 Å². The lowest BCUT2D eigenvalue weighted by atomic mass is 9.94. The monoisotopic (exact) mass is 769 g/mol. The maximum absolute atomic E-state index is 10.0. The fraction of sp³-hybridized carbons (Fsp3) is 0.560. The van der Waals surface area contributed by atoms with Gasteiger partial charge in [-0.25, -0.2) is 0 Å². The molecule has 0 amide bonds. The minimum atomic E-state index is -0.488. The average Bonchev–Trinajstić information content (AvgIpc) is 3.21. The predicted octanol–water partition coefficient (Wildman–Crippen LogP) is 12.3. The van der Waals surface area contributed by atoms with E-state index in [1.807, 2.05) is 25.3 Å². The van der Waals surface area contributed by atoms with Crippen LogP contribution in [0.5, 0.6) is 0 Å². The van der Waals surface area contributed by atoms with Gasteiger partial charge in [0.15, 0.2) is 0 Å². The first-order valence-corrected chi connectivity index (χ1v) is 21.6. The van der Waals surface area contributed by atoms with Crippen molar-refractivity contribution in [2.24, 2.45) is 22.4 Å². The van der Waals surface area contributed by atoms with Crippen molar-refractivity contribution in [1.82, 2.24) is 4.98 Å². The van der Waals surface area contributed by atoms with Gasteiger partial charge in [-0.1, -0.05) is 126 Å². The second-order valence-corrected chi connectivity index (χ2v) is 15.5. The number of hydrogen-bond donors (Lipinski definition) is 3. The van der Waals surface area contributed by atoms with Gasteiger partial charge in [0, 0.05) is 37.0 Å². The number of pyridine rings is 1. The third kappa shape index (κ3) is 22.2. The summed E-state index contributed by atoms with van der Waals surface area (Å²) in [5, 5.41) is 10.0. The molecule has 0 aliphatic carbocycles. The molecular formula is C50H80N4O2. The molecular weight excluding hydrogens is 689 g/mol. The Hall–Kier alpha value is -3.58. The molecule has 3 aromatic rings. The van der Waals surface area contributed by atoms with E-state index in [4.69, 9.17) is 16.2 Å². The first kappa shape index (κ1) is 50.4. The molecule has 0 fully saturated rings. The highest BCUT2D eigenvalue weighted by atomic mass is 16.5. The van der Waals surface area contributed by atoms with Gasteiger partial charge in [0.1, 0.15) is 6.10 Å². The zero-order chi connectivity index (χ0) is 41.6. The van der Waals surface area contributed by atoms with E-state index in [0.29, 0.717) is 13.2 Å². The molecule has 2 aromatic carbocycles. The SMILES string of the molecule is CC/C(C)=C(/C)C(O)c1ccncc1.CCC(C)Cc1cc(C)ccc1C.Cc1ccc(/C(C=NCCOCCCCCCCCCCCCN)=C/N)cc1C. The number of nitrogens with two attached hydrogens (primary N) is 2. The average molecular weight is 769 g/mol. The number of aromatic nitrogens is 1. The number of ether oxygens (including phenoxy) is 1. The number of benzene rings is 2. The van der Waals surface area contributed by atoms with Gasteiger partial charge in [0.05, 0.1) is 13.2 Å². The summed E-state index contributed by atoms with van der Waals surface area (Å²) in [7, 11) is 0. The lowest BCUT2D eigenvalue weighted by molar-refractivity contribution is 0.137. The van der Waals surface area contributed by atoms with Crippen molar-refractivity contribution < 1.29 is 9.84 Å². The van der Waals surface area contributed by atoms with Crippen molar-refractivity contribution in [2.45, 2.75) is 152 Å². The Morgan fingerprint density at radius 1 is 0.786 bits per heavy atom. The highest BCUT2D eigenvalue weighted by molar-refractivity contribution is 6.09. The topological polar surface area (TPSA) is 107 Å². The van der Waals surface area contributed by atoms with Crippen LogP contribution in [0.4, 0.5) is 0 Å². The molecule has 0 spiro atoms. The van der Waals surface area contributed by atoms with Crippen LogP contribution in [0.3, 0.4) is 0 Å². The van der Waals surface area contributed by atoms with Crippen LogP contribution in [-0.2, 0) is 11.2 Å². The Balaban J connectivity index is 0.000000479. The second kappa shape index (κ2) is 31.5. The molecule has 312 valence electrons. The molecule has 6 heteroatoms. The smallest absolute Gasteiger partial charge is 0.100 e. The largest absolute Gasteiger partial charge is 0.404 e. The Morgan fingerprint density at radius 2 is 1.39 bits per heavy atom. The zero-order valence-corrected chi connectivity index (χ0v) is 37.0. The van der Waals surface area contributed by atoms with Crippen molar-refractivity contribution in [1.29, 1.82) is 0 Å². The molecule has 3 rings (SSSR count). The third-order valence-corrected chi connectivity index (χ3v) is 10.8. The minimum Gasteiger partial charge on any atom is -0.404 e. The molecule has 1 heterocycles. The highest BCUT2D eigenvalue weighted by Crippen LogP contribution is 2.24. The van der Waals surface area contributed by atoms with E-state index in [-0.39, 0.29) is 0 Å². The zero-order valence-electron chi connectivity index (χ0n) is 37.0. The van der Waals surface area contributed by atoms with Crippen LogP contribution in [0.2, 0.25) is 0 Å². The van der Waals surface area contributed by atoms with Gasteiger partial charge in [-0.3, -0.25) is 9.98 Å². The molecule has 0 saturated carbocycles. The van der Waals surface area contributed by atoms with E-state index in [2.05, 4.69) is 102 Å². The summed E-state index contributed by atoms with van der Waals surface area (Å²) in [6, 6.07) is 16.8. The number of aliphatic imine (C=N–C) groups is 1. The summed E-state index contributed by atoms with van der Waals surface area (Å²) >= 11 is 0. The Morgan fingerprint density at radius 3 is 1.96 bits per heavy atom. The third-order valence-electron chi connectivity index (χ3n) is 10.8. The van der Waals surface area contributed by atoms with Gasteiger partial charge in [-0.05, 0) is 131 Å². The van der Waals surface area contributed by atoms with Crippen molar-refractivity contribution in [2.75, 3.05) is 26.3 Å². The van der Waals surface area contributed by atoms with E-state index >= 15 is 0 Å². The van der Waals surface area contributed by atoms with Crippen molar-refractivity contribution >= 4 is 11.8 Å². The molecule has 0 bridgehead atoms. The molecule has 2 unspecified atom stereocenters. The van der Waals surface area contributed by atoms with E-state index in [9.17, 15) is 5.11 Å². The summed E-state index contributed by atoms with van der Waals surface area (Å²) in [4.78, 5) is 8.39. The molecule has 0 saturated heterocycles.